The molecule has 1 heteroatoms. The van der Waals surface area contributed by atoms with E-state index < -0.39 is 0 Å². The van der Waals surface area contributed by atoms with E-state index in [2.05, 4.69) is 37.9 Å². The highest BCUT2D eigenvalue weighted by atomic mass is 14.7. The molecule has 14 heavy (non-hydrogen) atoms. The molecule has 0 aromatic carbocycles. The molecule has 0 aliphatic heterocycles. The second-order valence-electron chi connectivity index (χ2n) is 3.95. The van der Waals surface area contributed by atoms with E-state index in [1.165, 1.54) is 16.8 Å². The Morgan fingerprint density at radius 2 is 2.29 bits per heavy atom. The summed E-state index contributed by atoms with van der Waals surface area (Å²) in [4.78, 5) is 3.23. The molecule has 0 radical (unpaired) electrons. The van der Waals surface area contributed by atoms with Crippen LogP contribution in [0.15, 0.2) is 12.3 Å². The summed E-state index contributed by atoms with van der Waals surface area (Å²) < 4.78 is 0. The molecule has 0 atom stereocenters. The highest BCUT2D eigenvalue weighted by Gasteiger charge is 2.06. The number of hydrogen-bond acceptors (Lipinski definition) is 0. The van der Waals surface area contributed by atoms with Gasteiger partial charge in [-0.3, -0.25) is 0 Å². The normalized spacial score (nSPS) is 11.1. The van der Waals surface area contributed by atoms with Crippen molar-refractivity contribution in [1.82, 2.24) is 4.98 Å². The van der Waals surface area contributed by atoms with E-state index in [-0.39, 0.29) is 0 Å². The lowest BCUT2D eigenvalue weighted by Crippen LogP contribution is -1.94. The fourth-order valence-corrected chi connectivity index (χ4v) is 1.56. The molecule has 74 valence electrons. The summed E-state index contributed by atoms with van der Waals surface area (Å²) in [6.07, 6.45) is 12.1. The molecular weight excluding hydrogens is 170 g/mol. The Hall–Kier alpha value is -1.42. The highest BCUT2D eigenvalue weighted by Crippen LogP contribution is 2.18. The third-order valence-corrected chi connectivity index (χ3v) is 2.19. The summed E-state index contributed by atoms with van der Waals surface area (Å²) in [5, 5.41) is 0. The first-order valence-corrected chi connectivity index (χ1v) is 4.94. The first-order chi connectivity index (χ1) is 6.65. The van der Waals surface area contributed by atoms with Crippen LogP contribution in [-0.2, 0) is 6.42 Å². The van der Waals surface area contributed by atoms with Gasteiger partial charge in [0.2, 0.25) is 0 Å². The lowest BCUT2D eigenvalue weighted by atomic mass is 10.0. The quantitative estimate of drug-likeness (QED) is 0.700. The molecule has 0 fully saturated rings. The molecule has 0 saturated carbocycles. The summed E-state index contributed by atoms with van der Waals surface area (Å²) in [6, 6.07) is 0. The molecule has 0 aliphatic rings. The van der Waals surface area contributed by atoms with Crippen molar-refractivity contribution in [2.24, 2.45) is 5.92 Å². The molecule has 0 saturated heterocycles. The van der Waals surface area contributed by atoms with Crippen LogP contribution in [0, 0.1) is 25.2 Å². The summed E-state index contributed by atoms with van der Waals surface area (Å²) in [5.41, 5.74) is 3.78. The van der Waals surface area contributed by atoms with Gasteiger partial charge in [0.15, 0.2) is 0 Å². The molecule has 0 amide bonds. The van der Waals surface area contributed by atoms with Gasteiger partial charge in [0.25, 0.3) is 0 Å². The van der Waals surface area contributed by atoms with Gasteiger partial charge < -0.3 is 4.98 Å². The third kappa shape index (κ3) is 2.53. The van der Waals surface area contributed by atoms with Gasteiger partial charge in [-0.2, -0.15) is 0 Å². The number of aromatic amines is 1. The van der Waals surface area contributed by atoms with Gasteiger partial charge >= 0.3 is 0 Å². The Kier molecular flexibility index (Phi) is 3.59. The number of nitrogens with one attached hydrogen (secondary N) is 1. The lowest BCUT2D eigenvalue weighted by molar-refractivity contribution is 0.647. The molecule has 1 rings (SSSR count). The number of allylic oxidation sites excluding steroid dienone is 1. The monoisotopic (exact) mass is 187 g/mol. The Balaban J connectivity index is 2.95. The molecule has 0 bridgehead atoms. The maximum atomic E-state index is 5.20. The van der Waals surface area contributed by atoms with E-state index in [1.54, 1.807) is 6.08 Å². The van der Waals surface area contributed by atoms with Crippen LogP contribution in [0.5, 0.6) is 0 Å². The van der Waals surface area contributed by atoms with Crippen LogP contribution in [0.1, 0.15) is 30.7 Å². The van der Waals surface area contributed by atoms with Gasteiger partial charge in [0.1, 0.15) is 0 Å². The maximum absolute atomic E-state index is 5.20. The second-order valence-corrected chi connectivity index (χ2v) is 3.95. The fraction of sp³-hybridized carbons (Fsp3) is 0.385. The molecule has 0 spiro atoms. The molecule has 1 N–H and O–H groups in total. The van der Waals surface area contributed by atoms with Crippen LogP contribution >= 0.6 is 0 Å². The number of rotatable bonds is 3. The molecule has 1 aromatic heterocycles. The van der Waals surface area contributed by atoms with Gasteiger partial charge in [0, 0.05) is 11.9 Å². The average molecular weight is 187 g/mol. The van der Waals surface area contributed by atoms with Gasteiger partial charge in [-0.25, -0.2) is 0 Å². The Labute approximate surface area is 86.2 Å². The molecule has 0 aliphatic carbocycles. The van der Waals surface area contributed by atoms with E-state index in [4.69, 9.17) is 6.42 Å². The van der Waals surface area contributed by atoms with Crippen LogP contribution < -0.4 is 0 Å². The molecule has 1 heterocycles. The summed E-state index contributed by atoms with van der Waals surface area (Å²) in [6.45, 7) is 6.51. The summed E-state index contributed by atoms with van der Waals surface area (Å²) in [5.74, 6) is 3.19. The topological polar surface area (TPSA) is 15.8 Å². The van der Waals surface area contributed by atoms with Crippen LogP contribution in [0.2, 0.25) is 0 Å². The zero-order chi connectivity index (χ0) is 10.6. The average Bonchev–Trinajstić information content (AvgIpc) is 2.44. The molecule has 0 unspecified atom stereocenters. The molecule has 1 nitrogen and oxygen atoms in total. The number of H-pyrrole nitrogens is 1. The zero-order valence-corrected chi connectivity index (χ0v) is 9.09. The van der Waals surface area contributed by atoms with E-state index in [0.29, 0.717) is 5.92 Å². The number of aryl methyl sites for hydroxylation is 1. The second kappa shape index (κ2) is 4.72. The maximum Gasteiger partial charge on any atom is 0.0192 e. The fourth-order valence-electron chi connectivity index (χ4n) is 1.56. The van der Waals surface area contributed by atoms with Crippen molar-refractivity contribution < 1.29 is 0 Å². The summed E-state index contributed by atoms with van der Waals surface area (Å²) in [7, 11) is 0. The van der Waals surface area contributed by atoms with Crippen LogP contribution in [-0.4, -0.2) is 4.98 Å². The van der Waals surface area contributed by atoms with Crippen molar-refractivity contribution in [3.8, 4) is 12.3 Å². The van der Waals surface area contributed by atoms with E-state index in [9.17, 15) is 0 Å². The van der Waals surface area contributed by atoms with Crippen molar-refractivity contribution in [2.45, 2.75) is 27.2 Å². The van der Waals surface area contributed by atoms with Crippen LogP contribution in [0.3, 0.4) is 0 Å². The predicted molar refractivity (Wildman–Crippen MR) is 61.9 cm³/mol. The molecular formula is C13H17N. The van der Waals surface area contributed by atoms with Crippen molar-refractivity contribution in [3.05, 3.63) is 29.1 Å². The van der Waals surface area contributed by atoms with E-state index in [1.807, 2.05) is 6.08 Å². The largest absolute Gasteiger partial charge is 0.364 e. The van der Waals surface area contributed by atoms with E-state index >= 15 is 0 Å². The van der Waals surface area contributed by atoms with Gasteiger partial charge in [-0.15, -0.1) is 6.42 Å². The van der Waals surface area contributed by atoms with E-state index in [0.717, 1.165) is 6.42 Å². The van der Waals surface area contributed by atoms with Crippen LogP contribution in [0.4, 0.5) is 0 Å². The minimum atomic E-state index is 0.670. The van der Waals surface area contributed by atoms with Gasteiger partial charge in [-0.1, -0.05) is 19.8 Å². The van der Waals surface area contributed by atoms with Crippen LogP contribution in [0.25, 0.3) is 6.08 Å². The number of hydrogen-bond donors (Lipinski definition) is 1. The zero-order valence-electron chi connectivity index (χ0n) is 9.09. The number of terminal acetylenes is 1. The van der Waals surface area contributed by atoms with Gasteiger partial charge in [-0.05, 0) is 42.5 Å². The van der Waals surface area contributed by atoms with Crippen molar-refractivity contribution >= 4 is 6.08 Å². The first-order valence-electron chi connectivity index (χ1n) is 4.94. The smallest absolute Gasteiger partial charge is 0.0192 e. The minimum Gasteiger partial charge on any atom is -0.364 e. The highest BCUT2D eigenvalue weighted by molar-refractivity contribution is 5.58. The summed E-state index contributed by atoms with van der Waals surface area (Å²) >= 11 is 0. The van der Waals surface area contributed by atoms with Gasteiger partial charge in [0.05, 0.1) is 0 Å². The van der Waals surface area contributed by atoms with Crippen molar-refractivity contribution in [1.29, 1.82) is 0 Å². The predicted octanol–water partition coefficient (Wildman–Crippen LogP) is 3.17. The van der Waals surface area contributed by atoms with Crippen molar-refractivity contribution in [3.63, 3.8) is 0 Å². The minimum absolute atomic E-state index is 0.670. The molecule has 1 aromatic rings. The Morgan fingerprint density at radius 1 is 1.57 bits per heavy atom. The Bertz CT molecular complexity index is 361. The first kappa shape index (κ1) is 10.7. The number of aromatic nitrogens is 1. The standard InChI is InChI=1S/C13H17N/c1-5-6-7-13-11(4)14-9-12(13)8-10(2)3/h1,6-7,9-10,14H,8H2,2-4H3/b7-6-. The SMILES string of the molecule is C#C/C=C\c1c(CC(C)C)c[nH]c1C. The Morgan fingerprint density at radius 3 is 2.86 bits per heavy atom. The third-order valence-electron chi connectivity index (χ3n) is 2.19. The van der Waals surface area contributed by atoms with Crippen molar-refractivity contribution in [2.75, 3.05) is 0 Å². The lowest BCUT2D eigenvalue weighted by Gasteiger charge is -2.03.